The molecule has 1 heterocycles. The van der Waals surface area contributed by atoms with Crippen LogP contribution in [0.15, 0.2) is 12.2 Å². The Labute approximate surface area is 68.8 Å². The van der Waals surface area contributed by atoms with Crippen molar-refractivity contribution in [1.82, 2.24) is 4.98 Å². The Morgan fingerprint density at radius 2 is 2.08 bits per heavy atom. The van der Waals surface area contributed by atoms with Crippen molar-refractivity contribution in [3.63, 3.8) is 0 Å². The molecular weight excluding hydrogens is 158 g/mol. The molecular formula is C8H9NO3. The lowest BCUT2D eigenvalue weighted by Gasteiger charge is -2.11. The Morgan fingerprint density at radius 3 is 2.75 bits per heavy atom. The number of fused-ring (bicyclic) bond motifs is 1. The molecule has 1 aliphatic carbocycles. The number of aromatic amines is 1. The predicted octanol–water partition coefficient (Wildman–Crippen LogP) is 0.572. The first-order chi connectivity index (χ1) is 5.70. The summed E-state index contributed by atoms with van der Waals surface area (Å²) in [6.07, 6.45) is 3.05. The summed E-state index contributed by atoms with van der Waals surface area (Å²) in [5.74, 6) is -0.217. The molecule has 0 spiro atoms. The van der Waals surface area contributed by atoms with E-state index in [1.807, 2.05) is 0 Å². The van der Waals surface area contributed by atoms with Gasteiger partial charge in [-0.25, -0.2) is 0 Å². The van der Waals surface area contributed by atoms with Gasteiger partial charge in [-0.2, -0.15) is 0 Å². The molecule has 0 bridgehead atoms. The first kappa shape index (κ1) is 7.24. The zero-order chi connectivity index (χ0) is 8.72. The van der Waals surface area contributed by atoms with Crippen molar-refractivity contribution in [1.29, 1.82) is 0 Å². The van der Waals surface area contributed by atoms with Crippen LogP contribution in [-0.2, 0) is 6.42 Å². The molecule has 0 radical (unpaired) electrons. The van der Waals surface area contributed by atoms with Gasteiger partial charge in [0.1, 0.15) is 6.10 Å². The maximum Gasteiger partial charge on any atom is 0.197 e. The number of hydrogen-bond donors (Lipinski definition) is 4. The van der Waals surface area contributed by atoms with E-state index >= 15 is 0 Å². The predicted molar refractivity (Wildman–Crippen MR) is 41.9 cm³/mol. The monoisotopic (exact) mass is 167 g/mol. The first-order valence-corrected chi connectivity index (χ1v) is 3.67. The SMILES string of the molecule is Oc1[nH]c(O)c2c1CC=CC2O. The van der Waals surface area contributed by atoms with E-state index in [9.17, 15) is 15.3 Å². The number of aromatic nitrogens is 1. The van der Waals surface area contributed by atoms with E-state index < -0.39 is 6.10 Å². The van der Waals surface area contributed by atoms with Crippen LogP contribution >= 0.6 is 0 Å². The van der Waals surface area contributed by atoms with Gasteiger partial charge in [-0.15, -0.1) is 0 Å². The average Bonchev–Trinajstić information content (AvgIpc) is 2.29. The highest BCUT2D eigenvalue weighted by atomic mass is 16.3. The number of aliphatic hydroxyl groups is 1. The maximum absolute atomic E-state index is 9.38. The topological polar surface area (TPSA) is 76.5 Å². The van der Waals surface area contributed by atoms with Crippen LogP contribution in [0.25, 0.3) is 0 Å². The van der Waals surface area contributed by atoms with Crippen molar-refractivity contribution < 1.29 is 15.3 Å². The molecule has 0 amide bonds. The fraction of sp³-hybridized carbons (Fsp3) is 0.250. The van der Waals surface area contributed by atoms with Crippen LogP contribution in [0.3, 0.4) is 0 Å². The highest BCUT2D eigenvalue weighted by Crippen LogP contribution is 2.37. The zero-order valence-electron chi connectivity index (χ0n) is 6.28. The summed E-state index contributed by atoms with van der Waals surface area (Å²) in [4.78, 5) is 2.36. The lowest BCUT2D eigenvalue weighted by molar-refractivity contribution is 0.220. The molecule has 64 valence electrons. The number of allylic oxidation sites excluding steroid dienone is 1. The minimum Gasteiger partial charge on any atom is -0.494 e. The van der Waals surface area contributed by atoms with Crippen molar-refractivity contribution in [2.24, 2.45) is 0 Å². The number of nitrogens with one attached hydrogen (secondary N) is 1. The Kier molecular flexibility index (Phi) is 1.38. The van der Waals surface area contributed by atoms with Crippen LogP contribution in [-0.4, -0.2) is 20.3 Å². The molecule has 4 N–H and O–H groups in total. The Balaban J connectivity index is 2.60. The number of H-pyrrole nitrogens is 1. The minimum absolute atomic E-state index is 0.0640. The quantitative estimate of drug-likeness (QED) is 0.427. The minimum atomic E-state index is -0.814. The van der Waals surface area contributed by atoms with Crippen LogP contribution in [0.1, 0.15) is 17.2 Å². The van der Waals surface area contributed by atoms with Gasteiger partial charge in [-0.05, 0) is 6.42 Å². The van der Waals surface area contributed by atoms with Gasteiger partial charge >= 0.3 is 0 Å². The normalized spacial score (nSPS) is 20.9. The molecule has 1 unspecified atom stereocenters. The van der Waals surface area contributed by atoms with Crippen LogP contribution < -0.4 is 0 Å². The molecule has 0 aromatic carbocycles. The summed E-state index contributed by atoms with van der Waals surface area (Å²) in [5.41, 5.74) is 0.956. The highest BCUT2D eigenvalue weighted by Gasteiger charge is 2.23. The van der Waals surface area contributed by atoms with E-state index in [0.29, 0.717) is 17.5 Å². The summed E-state index contributed by atoms with van der Waals surface area (Å²) in [6.45, 7) is 0. The second-order valence-corrected chi connectivity index (χ2v) is 2.79. The lowest BCUT2D eigenvalue weighted by atomic mass is 9.99. The molecule has 0 saturated carbocycles. The fourth-order valence-electron chi connectivity index (χ4n) is 1.46. The summed E-state index contributed by atoms with van der Waals surface area (Å²) < 4.78 is 0. The van der Waals surface area contributed by atoms with Crippen LogP contribution in [0.2, 0.25) is 0 Å². The second kappa shape index (κ2) is 2.28. The van der Waals surface area contributed by atoms with Crippen LogP contribution in [0, 0.1) is 0 Å². The van der Waals surface area contributed by atoms with Gasteiger partial charge in [0.25, 0.3) is 0 Å². The summed E-state index contributed by atoms with van der Waals surface area (Å²) >= 11 is 0. The molecule has 4 nitrogen and oxygen atoms in total. The molecule has 0 aliphatic heterocycles. The van der Waals surface area contributed by atoms with Crippen molar-refractivity contribution in [3.05, 3.63) is 23.3 Å². The van der Waals surface area contributed by atoms with Crippen molar-refractivity contribution in [3.8, 4) is 11.8 Å². The molecule has 1 aliphatic rings. The average molecular weight is 167 g/mol. The standard InChI is InChI=1S/C8H9NO3/c10-5-3-1-2-4-6(5)8(12)9-7(4)11/h1,3,5,9-12H,2H2. The number of aromatic hydroxyl groups is 2. The molecule has 1 aromatic heterocycles. The second-order valence-electron chi connectivity index (χ2n) is 2.79. The molecule has 0 fully saturated rings. The molecule has 4 heteroatoms. The third-order valence-corrected chi connectivity index (χ3v) is 2.04. The van der Waals surface area contributed by atoms with Gasteiger partial charge in [0.05, 0.1) is 5.56 Å². The molecule has 1 atom stereocenters. The molecule has 2 rings (SSSR count). The summed E-state index contributed by atoms with van der Waals surface area (Å²) in [7, 11) is 0. The van der Waals surface area contributed by atoms with Crippen LogP contribution in [0.5, 0.6) is 11.8 Å². The van der Waals surface area contributed by atoms with E-state index in [1.54, 1.807) is 12.2 Å². The van der Waals surface area contributed by atoms with E-state index in [0.717, 1.165) is 0 Å². The number of rotatable bonds is 0. The molecule has 1 aromatic rings. The largest absolute Gasteiger partial charge is 0.494 e. The van der Waals surface area contributed by atoms with E-state index in [2.05, 4.69) is 4.98 Å². The lowest BCUT2D eigenvalue weighted by Crippen LogP contribution is -2.00. The van der Waals surface area contributed by atoms with Crippen molar-refractivity contribution >= 4 is 0 Å². The number of hydrogen-bond acceptors (Lipinski definition) is 3. The van der Waals surface area contributed by atoms with Gasteiger partial charge in [0.15, 0.2) is 11.8 Å². The fourth-order valence-corrected chi connectivity index (χ4v) is 1.46. The van der Waals surface area contributed by atoms with Gasteiger partial charge in [-0.1, -0.05) is 12.2 Å². The van der Waals surface area contributed by atoms with Crippen LogP contribution in [0.4, 0.5) is 0 Å². The van der Waals surface area contributed by atoms with E-state index in [1.165, 1.54) is 0 Å². The van der Waals surface area contributed by atoms with E-state index in [4.69, 9.17) is 0 Å². The number of aliphatic hydroxyl groups excluding tert-OH is 1. The van der Waals surface area contributed by atoms with Crippen molar-refractivity contribution in [2.75, 3.05) is 0 Å². The van der Waals surface area contributed by atoms with Gasteiger partial charge in [0.2, 0.25) is 0 Å². The Bertz CT molecular complexity index is 340. The highest BCUT2D eigenvalue weighted by molar-refractivity contribution is 5.49. The summed E-state index contributed by atoms with van der Waals surface area (Å²) in [5, 5.41) is 27.9. The third kappa shape index (κ3) is 0.816. The Hall–Kier alpha value is -1.42. The van der Waals surface area contributed by atoms with Crippen molar-refractivity contribution in [2.45, 2.75) is 12.5 Å². The molecule has 0 saturated heterocycles. The Morgan fingerprint density at radius 1 is 1.33 bits per heavy atom. The summed E-state index contributed by atoms with van der Waals surface area (Å²) in [6, 6.07) is 0. The third-order valence-electron chi connectivity index (χ3n) is 2.04. The maximum atomic E-state index is 9.38. The first-order valence-electron chi connectivity index (χ1n) is 3.67. The molecule has 12 heavy (non-hydrogen) atoms. The van der Waals surface area contributed by atoms with Gasteiger partial charge < -0.3 is 15.3 Å². The van der Waals surface area contributed by atoms with Gasteiger partial charge in [-0.3, -0.25) is 4.98 Å². The van der Waals surface area contributed by atoms with E-state index in [-0.39, 0.29) is 11.8 Å². The smallest absolute Gasteiger partial charge is 0.197 e. The van der Waals surface area contributed by atoms with Gasteiger partial charge in [0, 0.05) is 5.56 Å². The zero-order valence-corrected chi connectivity index (χ0v) is 6.28.